The molecule has 1 aromatic carbocycles. The van der Waals surface area contributed by atoms with Crippen molar-refractivity contribution in [1.82, 2.24) is 5.16 Å². The number of aryl methyl sites for hydroxylation is 2. The highest BCUT2D eigenvalue weighted by Crippen LogP contribution is 2.29. The van der Waals surface area contributed by atoms with Gasteiger partial charge in [-0.15, -0.1) is 0 Å². The highest BCUT2D eigenvalue weighted by Gasteiger charge is 2.14. The molecule has 0 unspecified atom stereocenters. The Morgan fingerprint density at radius 1 is 1.35 bits per heavy atom. The molecule has 0 aliphatic carbocycles. The van der Waals surface area contributed by atoms with E-state index in [0.717, 1.165) is 22.4 Å². The summed E-state index contributed by atoms with van der Waals surface area (Å²) in [7, 11) is 1.64. The van der Waals surface area contributed by atoms with E-state index >= 15 is 0 Å². The van der Waals surface area contributed by atoms with Crippen LogP contribution in [0.1, 0.15) is 16.9 Å². The number of hydrogen-bond donors (Lipinski definition) is 1. The number of aromatic nitrogens is 1. The van der Waals surface area contributed by atoms with Gasteiger partial charge in [-0.3, -0.25) is 0 Å². The minimum absolute atomic E-state index is 0.0737. The van der Waals surface area contributed by atoms with Gasteiger partial charge in [-0.1, -0.05) is 5.16 Å². The standard InChI is InChI=1S/C13H15NO3/c1-8-6-10(4-5-12(8)16-3)13-11(7-15)9(2)17-14-13/h4-6,15H,7H2,1-3H3. The van der Waals surface area contributed by atoms with Gasteiger partial charge in [0.25, 0.3) is 0 Å². The Bertz CT molecular complexity index is 531. The van der Waals surface area contributed by atoms with Crippen molar-refractivity contribution in [3.05, 3.63) is 35.1 Å². The van der Waals surface area contributed by atoms with Crippen molar-refractivity contribution in [2.75, 3.05) is 7.11 Å². The van der Waals surface area contributed by atoms with Crippen LogP contribution >= 0.6 is 0 Å². The molecule has 4 heteroatoms. The maximum Gasteiger partial charge on any atom is 0.139 e. The molecule has 0 amide bonds. The fourth-order valence-corrected chi connectivity index (χ4v) is 1.83. The second kappa shape index (κ2) is 4.59. The lowest BCUT2D eigenvalue weighted by molar-refractivity contribution is 0.278. The highest BCUT2D eigenvalue weighted by molar-refractivity contribution is 5.65. The second-order valence-corrected chi connectivity index (χ2v) is 3.91. The molecular weight excluding hydrogens is 218 g/mol. The Hall–Kier alpha value is -1.81. The number of methoxy groups -OCH3 is 1. The van der Waals surface area contributed by atoms with Crippen LogP contribution in [-0.4, -0.2) is 17.4 Å². The zero-order valence-corrected chi connectivity index (χ0v) is 10.2. The van der Waals surface area contributed by atoms with Crippen LogP contribution in [0.4, 0.5) is 0 Å². The van der Waals surface area contributed by atoms with Crippen molar-refractivity contribution in [3.8, 4) is 17.0 Å². The van der Waals surface area contributed by atoms with Crippen LogP contribution in [0, 0.1) is 13.8 Å². The summed E-state index contributed by atoms with van der Waals surface area (Å²) in [5.74, 6) is 1.48. The van der Waals surface area contributed by atoms with Crippen LogP contribution in [0.5, 0.6) is 5.75 Å². The SMILES string of the molecule is COc1ccc(-c2noc(C)c2CO)cc1C. The number of aliphatic hydroxyl groups excluding tert-OH is 1. The third-order valence-electron chi connectivity index (χ3n) is 2.81. The largest absolute Gasteiger partial charge is 0.496 e. The topological polar surface area (TPSA) is 55.5 Å². The molecule has 0 spiro atoms. The molecule has 2 aromatic rings. The van der Waals surface area contributed by atoms with Gasteiger partial charge < -0.3 is 14.4 Å². The zero-order chi connectivity index (χ0) is 12.4. The van der Waals surface area contributed by atoms with Crippen molar-refractivity contribution >= 4 is 0 Å². The van der Waals surface area contributed by atoms with E-state index in [0.29, 0.717) is 11.5 Å². The number of hydrogen-bond acceptors (Lipinski definition) is 4. The Morgan fingerprint density at radius 3 is 2.71 bits per heavy atom. The Labute approximate surface area is 99.8 Å². The van der Waals surface area contributed by atoms with Crippen molar-refractivity contribution in [3.63, 3.8) is 0 Å². The predicted octanol–water partition coefficient (Wildman–Crippen LogP) is 2.46. The first-order valence-corrected chi connectivity index (χ1v) is 5.38. The normalized spacial score (nSPS) is 10.6. The van der Waals surface area contributed by atoms with E-state index in [1.54, 1.807) is 14.0 Å². The fourth-order valence-electron chi connectivity index (χ4n) is 1.83. The first-order valence-electron chi connectivity index (χ1n) is 5.38. The quantitative estimate of drug-likeness (QED) is 0.884. The van der Waals surface area contributed by atoms with E-state index in [9.17, 15) is 5.11 Å². The van der Waals surface area contributed by atoms with E-state index in [1.165, 1.54) is 0 Å². The number of ether oxygens (including phenoxy) is 1. The third kappa shape index (κ3) is 2.03. The summed E-state index contributed by atoms with van der Waals surface area (Å²) >= 11 is 0. The molecule has 0 aliphatic heterocycles. The zero-order valence-electron chi connectivity index (χ0n) is 10.2. The van der Waals surface area contributed by atoms with Gasteiger partial charge in [0.15, 0.2) is 0 Å². The molecule has 90 valence electrons. The summed E-state index contributed by atoms with van der Waals surface area (Å²) < 4.78 is 10.3. The molecule has 17 heavy (non-hydrogen) atoms. The minimum atomic E-state index is -0.0737. The average molecular weight is 233 g/mol. The number of benzene rings is 1. The summed E-state index contributed by atoms with van der Waals surface area (Å²) in [5, 5.41) is 13.3. The molecule has 0 saturated carbocycles. The van der Waals surface area contributed by atoms with Gasteiger partial charge in [-0.2, -0.15) is 0 Å². The van der Waals surface area contributed by atoms with E-state index in [-0.39, 0.29) is 6.61 Å². The minimum Gasteiger partial charge on any atom is -0.496 e. The van der Waals surface area contributed by atoms with Crippen LogP contribution in [0.3, 0.4) is 0 Å². The second-order valence-electron chi connectivity index (χ2n) is 3.91. The first kappa shape index (κ1) is 11.7. The van der Waals surface area contributed by atoms with E-state index in [4.69, 9.17) is 9.26 Å². The number of nitrogens with zero attached hydrogens (tertiary/aromatic N) is 1. The van der Waals surface area contributed by atoms with Crippen LogP contribution in [0.15, 0.2) is 22.7 Å². The summed E-state index contributed by atoms with van der Waals surface area (Å²) in [6.07, 6.45) is 0. The lowest BCUT2D eigenvalue weighted by atomic mass is 10.0. The third-order valence-corrected chi connectivity index (χ3v) is 2.81. The molecule has 1 N–H and O–H groups in total. The molecule has 1 heterocycles. The van der Waals surface area contributed by atoms with E-state index in [2.05, 4.69) is 5.16 Å². The van der Waals surface area contributed by atoms with E-state index < -0.39 is 0 Å². The van der Waals surface area contributed by atoms with Gasteiger partial charge in [0, 0.05) is 11.1 Å². The molecule has 1 aromatic heterocycles. The number of aliphatic hydroxyl groups is 1. The lowest BCUT2D eigenvalue weighted by Gasteiger charge is -2.06. The average Bonchev–Trinajstić information content (AvgIpc) is 2.70. The van der Waals surface area contributed by atoms with E-state index in [1.807, 2.05) is 25.1 Å². The van der Waals surface area contributed by atoms with Crippen molar-refractivity contribution in [2.24, 2.45) is 0 Å². The monoisotopic (exact) mass is 233 g/mol. The van der Waals surface area contributed by atoms with Gasteiger partial charge in [-0.05, 0) is 37.6 Å². The first-order chi connectivity index (χ1) is 8.17. The summed E-state index contributed by atoms with van der Waals surface area (Å²) in [4.78, 5) is 0. The van der Waals surface area contributed by atoms with Crippen LogP contribution in [0.2, 0.25) is 0 Å². The summed E-state index contributed by atoms with van der Waals surface area (Å²) in [6, 6.07) is 5.76. The maximum atomic E-state index is 9.29. The van der Waals surface area contributed by atoms with Crippen molar-refractivity contribution in [2.45, 2.75) is 20.5 Å². The Balaban J connectivity index is 2.49. The maximum absolute atomic E-state index is 9.29. The lowest BCUT2D eigenvalue weighted by Crippen LogP contribution is -1.91. The Morgan fingerprint density at radius 2 is 2.12 bits per heavy atom. The molecule has 0 atom stereocenters. The highest BCUT2D eigenvalue weighted by atomic mass is 16.5. The van der Waals surface area contributed by atoms with Crippen molar-refractivity contribution < 1.29 is 14.4 Å². The summed E-state index contributed by atoms with van der Waals surface area (Å²) in [6.45, 7) is 3.68. The smallest absolute Gasteiger partial charge is 0.139 e. The van der Waals surface area contributed by atoms with Crippen LogP contribution in [-0.2, 0) is 6.61 Å². The fraction of sp³-hybridized carbons (Fsp3) is 0.308. The van der Waals surface area contributed by atoms with Crippen LogP contribution in [0.25, 0.3) is 11.3 Å². The predicted molar refractivity (Wildman–Crippen MR) is 63.9 cm³/mol. The van der Waals surface area contributed by atoms with Gasteiger partial charge in [0.2, 0.25) is 0 Å². The van der Waals surface area contributed by atoms with Crippen molar-refractivity contribution in [1.29, 1.82) is 0 Å². The van der Waals surface area contributed by atoms with Gasteiger partial charge in [0.1, 0.15) is 17.2 Å². The molecule has 0 bridgehead atoms. The molecule has 0 aliphatic rings. The molecular formula is C13H15NO3. The Kier molecular flexibility index (Phi) is 3.15. The molecule has 0 saturated heterocycles. The molecule has 4 nitrogen and oxygen atoms in total. The van der Waals surface area contributed by atoms with Crippen LogP contribution < -0.4 is 4.74 Å². The van der Waals surface area contributed by atoms with Gasteiger partial charge in [0.05, 0.1) is 13.7 Å². The number of rotatable bonds is 3. The molecule has 0 fully saturated rings. The van der Waals surface area contributed by atoms with Gasteiger partial charge in [-0.25, -0.2) is 0 Å². The summed E-state index contributed by atoms with van der Waals surface area (Å²) in [5.41, 5.74) is 3.36. The molecule has 0 radical (unpaired) electrons. The van der Waals surface area contributed by atoms with Gasteiger partial charge >= 0.3 is 0 Å². The molecule has 2 rings (SSSR count).